The van der Waals surface area contributed by atoms with Crippen LogP contribution in [0.1, 0.15) is 22.5 Å². The highest BCUT2D eigenvalue weighted by molar-refractivity contribution is 5.93. The molecule has 0 radical (unpaired) electrons. The third-order valence-corrected chi connectivity index (χ3v) is 6.70. The number of aromatic nitrogens is 4. The molecule has 2 amide bonds. The van der Waals surface area contributed by atoms with Gasteiger partial charge in [0.15, 0.2) is 5.82 Å². The van der Waals surface area contributed by atoms with Crippen molar-refractivity contribution < 1.29 is 4.79 Å². The molecule has 0 bridgehead atoms. The second-order valence-corrected chi connectivity index (χ2v) is 8.82. The molecule has 1 saturated heterocycles. The highest BCUT2D eigenvalue weighted by Gasteiger charge is 2.26. The van der Waals surface area contributed by atoms with Gasteiger partial charge in [0, 0.05) is 31.9 Å². The van der Waals surface area contributed by atoms with Gasteiger partial charge in [-0.15, -0.1) is 5.10 Å². The third-order valence-electron chi connectivity index (χ3n) is 6.70. The molecular formula is C26H29N7O. The number of piperazine rings is 1. The van der Waals surface area contributed by atoms with Crippen LogP contribution in [0.2, 0.25) is 0 Å². The van der Waals surface area contributed by atoms with Crippen molar-refractivity contribution in [2.75, 3.05) is 36.4 Å². The first kappa shape index (κ1) is 21.9. The molecule has 0 unspecified atom stereocenters. The third kappa shape index (κ3) is 3.85. The fourth-order valence-corrected chi connectivity index (χ4v) is 4.55. The lowest BCUT2D eigenvalue weighted by Gasteiger charge is -2.35. The van der Waals surface area contributed by atoms with Crippen LogP contribution in [0, 0.1) is 27.7 Å². The zero-order valence-electron chi connectivity index (χ0n) is 20.0. The number of anilines is 2. The molecule has 174 valence electrons. The van der Waals surface area contributed by atoms with Gasteiger partial charge in [0.25, 0.3) is 0 Å². The van der Waals surface area contributed by atoms with Gasteiger partial charge in [0.2, 0.25) is 0 Å². The number of nitrogens with one attached hydrogen (secondary N) is 1. The average Bonchev–Trinajstić information content (AvgIpc) is 3.21. The summed E-state index contributed by atoms with van der Waals surface area (Å²) in [5, 5.41) is 18.0. The van der Waals surface area contributed by atoms with E-state index in [0.717, 1.165) is 50.6 Å². The van der Waals surface area contributed by atoms with Crippen molar-refractivity contribution in [2.24, 2.45) is 0 Å². The molecule has 1 aliphatic heterocycles. The van der Waals surface area contributed by atoms with Crippen molar-refractivity contribution in [3.63, 3.8) is 0 Å². The van der Waals surface area contributed by atoms with Gasteiger partial charge >= 0.3 is 6.03 Å². The molecular weight excluding hydrogens is 426 g/mol. The van der Waals surface area contributed by atoms with Crippen LogP contribution in [0.3, 0.4) is 0 Å². The Kier molecular flexibility index (Phi) is 5.65. The first-order valence-corrected chi connectivity index (χ1v) is 11.6. The Balaban J connectivity index is 1.36. The van der Waals surface area contributed by atoms with E-state index in [2.05, 4.69) is 27.3 Å². The number of amides is 2. The van der Waals surface area contributed by atoms with E-state index in [-0.39, 0.29) is 6.03 Å². The number of nitrogens with zero attached hydrogens (tertiary/aromatic N) is 6. The quantitative estimate of drug-likeness (QED) is 0.495. The molecule has 0 atom stereocenters. The number of fused-ring (bicyclic) bond motifs is 1. The lowest BCUT2D eigenvalue weighted by atomic mass is 10.1. The summed E-state index contributed by atoms with van der Waals surface area (Å²) in [5.41, 5.74) is 6.88. The molecule has 34 heavy (non-hydrogen) atoms. The number of hydrogen-bond acceptors (Lipinski definition) is 5. The number of benzene rings is 2. The maximum absolute atomic E-state index is 12.9. The summed E-state index contributed by atoms with van der Waals surface area (Å²) in [4.78, 5) is 16.9. The summed E-state index contributed by atoms with van der Waals surface area (Å²) in [5.74, 6) is 0.771. The average molecular weight is 456 g/mol. The van der Waals surface area contributed by atoms with Gasteiger partial charge in [-0.05, 0) is 57.0 Å². The first-order valence-electron chi connectivity index (χ1n) is 11.6. The van der Waals surface area contributed by atoms with Crippen molar-refractivity contribution >= 4 is 28.4 Å². The molecule has 3 heterocycles. The predicted molar refractivity (Wildman–Crippen MR) is 135 cm³/mol. The van der Waals surface area contributed by atoms with Crippen molar-refractivity contribution in [2.45, 2.75) is 27.7 Å². The molecule has 2 aromatic heterocycles. The van der Waals surface area contributed by atoms with Crippen LogP contribution in [-0.4, -0.2) is 57.1 Å². The topological polar surface area (TPSA) is 79.2 Å². The number of para-hydroxylation sites is 1. The highest BCUT2D eigenvalue weighted by Crippen LogP contribution is 2.30. The molecule has 8 nitrogen and oxygen atoms in total. The van der Waals surface area contributed by atoms with Crippen molar-refractivity contribution in [1.29, 1.82) is 0 Å². The van der Waals surface area contributed by atoms with E-state index in [1.807, 2.05) is 78.9 Å². The number of urea groups is 1. The standard InChI is InChI=1S/C26H29N7O/c1-17-9-8-12-22(18(17)2)27-26(34)32-15-13-31(14-16-32)25-24-23(19(3)28-29-25)20(4)33(30-24)21-10-6-5-7-11-21/h5-12H,13-16H2,1-4H3,(H,27,34). The van der Waals surface area contributed by atoms with E-state index < -0.39 is 0 Å². The summed E-state index contributed by atoms with van der Waals surface area (Å²) in [6.45, 7) is 10.7. The maximum Gasteiger partial charge on any atom is 0.321 e. The van der Waals surface area contributed by atoms with E-state index >= 15 is 0 Å². The Hall–Kier alpha value is -3.94. The van der Waals surface area contributed by atoms with E-state index in [0.29, 0.717) is 26.2 Å². The number of aryl methyl sites for hydroxylation is 3. The zero-order chi connectivity index (χ0) is 23.8. The number of hydrogen-bond donors (Lipinski definition) is 1. The van der Waals surface area contributed by atoms with Crippen LogP contribution >= 0.6 is 0 Å². The van der Waals surface area contributed by atoms with Gasteiger partial charge in [0.05, 0.1) is 22.5 Å². The first-order chi connectivity index (χ1) is 16.4. The Morgan fingerprint density at radius 3 is 2.35 bits per heavy atom. The molecule has 0 saturated carbocycles. The molecule has 1 N–H and O–H groups in total. The minimum atomic E-state index is -0.0716. The summed E-state index contributed by atoms with van der Waals surface area (Å²) in [7, 11) is 0. The Bertz CT molecular complexity index is 1350. The molecule has 5 rings (SSSR count). The van der Waals surface area contributed by atoms with Crippen LogP contribution in [0.15, 0.2) is 48.5 Å². The second kappa shape index (κ2) is 8.78. The van der Waals surface area contributed by atoms with Crippen LogP contribution in [0.5, 0.6) is 0 Å². The van der Waals surface area contributed by atoms with Crippen LogP contribution < -0.4 is 10.2 Å². The summed E-state index contributed by atoms with van der Waals surface area (Å²) >= 11 is 0. The minimum absolute atomic E-state index is 0.0716. The summed E-state index contributed by atoms with van der Waals surface area (Å²) < 4.78 is 1.96. The second-order valence-electron chi connectivity index (χ2n) is 8.82. The van der Waals surface area contributed by atoms with Gasteiger partial charge in [-0.1, -0.05) is 30.3 Å². The van der Waals surface area contributed by atoms with Gasteiger partial charge in [0.1, 0.15) is 5.52 Å². The maximum atomic E-state index is 12.9. The van der Waals surface area contributed by atoms with Crippen molar-refractivity contribution in [3.05, 3.63) is 71.0 Å². The molecule has 0 spiro atoms. The molecule has 1 aliphatic rings. The van der Waals surface area contributed by atoms with Crippen LogP contribution in [0.4, 0.5) is 16.3 Å². The number of carbonyl (C=O) groups excluding carboxylic acids is 1. The number of carbonyl (C=O) groups is 1. The van der Waals surface area contributed by atoms with Gasteiger partial charge in [-0.25, -0.2) is 9.48 Å². The summed E-state index contributed by atoms with van der Waals surface area (Å²) in [6, 6.07) is 16.0. The minimum Gasteiger partial charge on any atom is -0.350 e. The monoisotopic (exact) mass is 455 g/mol. The Morgan fingerprint density at radius 2 is 1.62 bits per heavy atom. The zero-order valence-corrected chi connectivity index (χ0v) is 20.0. The molecule has 2 aromatic carbocycles. The summed E-state index contributed by atoms with van der Waals surface area (Å²) in [6.07, 6.45) is 0. The highest BCUT2D eigenvalue weighted by atomic mass is 16.2. The lowest BCUT2D eigenvalue weighted by Crippen LogP contribution is -2.50. The lowest BCUT2D eigenvalue weighted by molar-refractivity contribution is 0.208. The SMILES string of the molecule is Cc1cccc(NC(=O)N2CCN(c3nnc(C)c4c(C)n(-c5ccccc5)nc34)CC2)c1C. The fourth-order valence-electron chi connectivity index (χ4n) is 4.55. The predicted octanol–water partition coefficient (Wildman–Crippen LogP) is 4.40. The Morgan fingerprint density at radius 1 is 0.882 bits per heavy atom. The van der Waals surface area contributed by atoms with E-state index in [9.17, 15) is 4.79 Å². The van der Waals surface area contributed by atoms with Crippen LogP contribution in [-0.2, 0) is 0 Å². The number of rotatable bonds is 3. The van der Waals surface area contributed by atoms with E-state index in [1.165, 1.54) is 0 Å². The van der Waals surface area contributed by atoms with Gasteiger partial charge in [-0.3, -0.25) is 0 Å². The Labute approximate surface area is 199 Å². The van der Waals surface area contributed by atoms with Crippen LogP contribution in [0.25, 0.3) is 16.6 Å². The van der Waals surface area contributed by atoms with Crippen molar-refractivity contribution in [3.8, 4) is 5.69 Å². The largest absolute Gasteiger partial charge is 0.350 e. The molecule has 1 fully saturated rings. The van der Waals surface area contributed by atoms with E-state index in [4.69, 9.17) is 5.10 Å². The van der Waals surface area contributed by atoms with E-state index in [1.54, 1.807) is 0 Å². The van der Waals surface area contributed by atoms with Gasteiger partial charge in [-0.2, -0.15) is 10.2 Å². The molecule has 8 heteroatoms. The normalized spacial score (nSPS) is 14.0. The molecule has 4 aromatic rings. The fraction of sp³-hybridized carbons (Fsp3) is 0.308. The smallest absolute Gasteiger partial charge is 0.321 e. The van der Waals surface area contributed by atoms with Gasteiger partial charge < -0.3 is 15.1 Å². The molecule has 0 aliphatic carbocycles. The van der Waals surface area contributed by atoms with Crippen molar-refractivity contribution in [1.82, 2.24) is 24.9 Å².